The number of Topliss-reactive ketones (excluding diaryl/α,β-unsaturated/α-hetero) is 1. The molecule has 1 amide bonds. The number of likely N-dealkylation sites (tertiary alicyclic amines) is 1. The zero-order valence-corrected chi connectivity index (χ0v) is 22.7. The summed E-state index contributed by atoms with van der Waals surface area (Å²) < 4.78 is 0. The molecule has 1 aromatic carbocycles. The first-order valence-corrected chi connectivity index (χ1v) is 12.1. The summed E-state index contributed by atoms with van der Waals surface area (Å²) in [5, 5.41) is 0. The minimum atomic E-state index is -0.498. The SMILES string of the molecule is CC.CC.CC.CC.CC(C)C.CC1C(=O)CCN(C(C)(C)c2ccccc2)C1=O. The number of ketones is 1. The number of hydrogen-bond acceptors (Lipinski definition) is 2. The molecule has 0 bridgehead atoms. The molecule has 0 aliphatic carbocycles. The number of piperidine rings is 1. The van der Waals surface area contributed by atoms with Gasteiger partial charge in [-0.15, -0.1) is 0 Å². The lowest BCUT2D eigenvalue weighted by atomic mass is 9.87. The third kappa shape index (κ3) is 13.6. The third-order valence-corrected chi connectivity index (χ3v) is 3.86. The maximum Gasteiger partial charge on any atom is 0.233 e. The summed E-state index contributed by atoms with van der Waals surface area (Å²) in [6.45, 7) is 28.8. The first-order valence-electron chi connectivity index (χ1n) is 12.1. The lowest BCUT2D eigenvalue weighted by Gasteiger charge is -2.42. The van der Waals surface area contributed by atoms with Crippen LogP contribution in [0.2, 0.25) is 0 Å². The zero-order chi connectivity index (χ0) is 24.9. The Morgan fingerprint density at radius 1 is 0.833 bits per heavy atom. The van der Waals surface area contributed by atoms with Crippen molar-refractivity contribution in [1.29, 1.82) is 0 Å². The minimum Gasteiger partial charge on any atom is -0.332 e. The van der Waals surface area contributed by atoms with Gasteiger partial charge in [0.15, 0.2) is 0 Å². The molecule has 0 radical (unpaired) electrons. The number of carbonyl (C=O) groups excluding carboxylic acids is 2. The fourth-order valence-corrected chi connectivity index (χ4v) is 2.48. The monoisotopic (exact) mass is 423 g/mol. The molecule has 1 saturated heterocycles. The van der Waals surface area contributed by atoms with Gasteiger partial charge in [-0.25, -0.2) is 0 Å². The summed E-state index contributed by atoms with van der Waals surface area (Å²) in [7, 11) is 0. The first-order chi connectivity index (χ1) is 14.2. The summed E-state index contributed by atoms with van der Waals surface area (Å²) >= 11 is 0. The van der Waals surface area contributed by atoms with Gasteiger partial charge in [-0.3, -0.25) is 9.59 Å². The van der Waals surface area contributed by atoms with Crippen LogP contribution in [0.15, 0.2) is 30.3 Å². The molecule has 1 aromatic rings. The quantitative estimate of drug-likeness (QED) is 0.450. The van der Waals surface area contributed by atoms with Crippen LogP contribution in [0.3, 0.4) is 0 Å². The van der Waals surface area contributed by atoms with E-state index < -0.39 is 5.92 Å². The second kappa shape index (κ2) is 22.1. The van der Waals surface area contributed by atoms with E-state index in [4.69, 9.17) is 0 Å². The Hall–Kier alpha value is -1.64. The number of rotatable bonds is 2. The van der Waals surface area contributed by atoms with E-state index in [-0.39, 0.29) is 17.2 Å². The highest BCUT2D eigenvalue weighted by Gasteiger charge is 2.40. The van der Waals surface area contributed by atoms with Crippen molar-refractivity contribution in [2.24, 2.45) is 11.8 Å². The topological polar surface area (TPSA) is 37.4 Å². The van der Waals surface area contributed by atoms with Crippen molar-refractivity contribution in [3.05, 3.63) is 35.9 Å². The van der Waals surface area contributed by atoms with E-state index in [1.807, 2.05) is 104 Å². The van der Waals surface area contributed by atoms with Gasteiger partial charge in [0.2, 0.25) is 5.91 Å². The highest BCUT2D eigenvalue weighted by molar-refractivity contribution is 6.03. The molecule has 1 unspecified atom stereocenters. The van der Waals surface area contributed by atoms with Crippen molar-refractivity contribution >= 4 is 11.7 Å². The van der Waals surface area contributed by atoms with E-state index in [0.717, 1.165) is 11.5 Å². The van der Waals surface area contributed by atoms with Gasteiger partial charge < -0.3 is 4.90 Å². The molecular weight excluding hydrogens is 370 g/mol. The molecule has 3 nitrogen and oxygen atoms in total. The van der Waals surface area contributed by atoms with Crippen LogP contribution in [-0.4, -0.2) is 23.1 Å². The molecule has 3 heteroatoms. The van der Waals surface area contributed by atoms with Gasteiger partial charge in [0.25, 0.3) is 0 Å². The number of hydrogen-bond donors (Lipinski definition) is 0. The Bertz CT molecular complexity index is 504. The lowest BCUT2D eigenvalue weighted by molar-refractivity contribution is -0.150. The first kappa shape index (κ1) is 35.8. The van der Waals surface area contributed by atoms with Crippen molar-refractivity contribution in [3.8, 4) is 0 Å². The standard InChI is InChI=1S/C15H19NO2.C4H10.4C2H6/c1-11-13(17)9-10-16(14(11)18)15(2,3)12-7-5-4-6-8-12;1-4(2)3;4*1-2/h4-8,11H,9-10H2,1-3H3;4H,1-3H3;4*1-2H3. The Labute approximate surface area is 189 Å². The Balaban J connectivity index is -0.000000239. The van der Waals surface area contributed by atoms with E-state index in [0.29, 0.717) is 13.0 Å². The lowest BCUT2D eigenvalue weighted by Crippen LogP contribution is -2.53. The second-order valence-electron chi connectivity index (χ2n) is 7.08. The molecule has 1 atom stereocenters. The van der Waals surface area contributed by atoms with Crippen molar-refractivity contribution < 1.29 is 9.59 Å². The fraction of sp³-hybridized carbons (Fsp3) is 0.704. The number of carbonyl (C=O) groups is 2. The Morgan fingerprint density at radius 2 is 1.20 bits per heavy atom. The Morgan fingerprint density at radius 3 is 1.57 bits per heavy atom. The molecule has 178 valence electrons. The van der Waals surface area contributed by atoms with Gasteiger partial charge in [-0.1, -0.05) is 106 Å². The second-order valence-corrected chi connectivity index (χ2v) is 7.08. The fourth-order valence-electron chi connectivity index (χ4n) is 2.48. The zero-order valence-electron chi connectivity index (χ0n) is 22.7. The predicted molar refractivity (Wildman–Crippen MR) is 136 cm³/mol. The van der Waals surface area contributed by atoms with Crippen LogP contribution in [0.5, 0.6) is 0 Å². The van der Waals surface area contributed by atoms with Gasteiger partial charge in [-0.05, 0) is 32.3 Å². The van der Waals surface area contributed by atoms with E-state index in [1.54, 1.807) is 6.92 Å². The van der Waals surface area contributed by atoms with Crippen LogP contribution < -0.4 is 0 Å². The van der Waals surface area contributed by atoms with Gasteiger partial charge in [0, 0.05) is 13.0 Å². The molecular formula is C27H53NO2. The summed E-state index contributed by atoms with van der Waals surface area (Å²) in [4.78, 5) is 25.7. The number of amides is 1. The summed E-state index contributed by atoms with van der Waals surface area (Å²) in [6, 6.07) is 9.95. The summed E-state index contributed by atoms with van der Waals surface area (Å²) in [5.41, 5.74) is 0.729. The highest BCUT2D eigenvalue weighted by atomic mass is 16.2. The van der Waals surface area contributed by atoms with Gasteiger partial charge in [0.05, 0.1) is 11.5 Å². The summed E-state index contributed by atoms with van der Waals surface area (Å²) in [5.74, 6) is 0.335. The van der Waals surface area contributed by atoms with Crippen LogP contribution in [0, 0.1) is 11.8 Å². The van der Waals surface area contributed by atoms with E-state index in [9.17, 15) is 9.59 Å². The molecule has 0 N–H and O–H groups in total. The molecule has 30 heavy (non-hydrogen) atoms. The molecule has 1 fully saturated rings. The van der Waals surface area contributed by atoms with Gasteiger partial charge in [-0.2, -0.15) is 0 Å². The predicted octanol–water partition coefficient (Wildman–Crippen LogP) is 8.13. The van der Waals surface area contributed by atoms with Crippen molar-refractivity contribution in [1.82, 2.24) is 4.90 Å². The van der Waals surface area contributed by atoms with Crippen LogP contribution >= 0.6 is 0 Å². The molecule has 1 aliphatic heterocycles. The Kier molecular flexibility index (Phi) is 26.3. The third-order valence-electron chi connectivity index (χ3n) is 3.86. The van der Waals surface area contributed by atoms with Crippen LogP contribution in [0.4, 0.5) is 0 Å². The van der Waals surface area contributed by atoms with Crippen molar-refractivity contribution in [2.75, 3.05) is 6.54 Å². The van der Waals surface area contributed by atoms with Gasteiger partial charge in [0.1, 0.15) is 5.78 Å². The molecule has 0 spiro atoms. The van der Waals surface area contributed by atoms with E-state index >= 15 is 0 Å². The molecule has 1 aliphatic rings. The van der Waals surface area contributed by atoms with E-state index in [1.165, 1.54) is 0 Å². The smallest absolute Gasteiger partial charge is 0.233 e. The maximum atomic E-state index is 12.3. The molecule has 0 aromatic heterocycles. The average Bonchev–Trinajstić information content (AvgIpc) is 2.78. The summed E-state index contributed by atoms with van der Waals surface area (Å²) in [6.07, 6.45) is 0.461. The van der Waals surface area contributed by atoms with Gasteiger partial charge >= 0.3 is 0 Å². The molecule has 1 heterocycles. The largest absolute Gasteiger partial charge is 0.332 e. The van der Waals surface area contributed by atoms with Crippen LogP contribution in [-0.2, 0) is 15.1 Å². The van der Waals surface area contributed by atoms with Crippen molar-refractivity contribution in [2.45, 2.75) is 109 Å². The number of benzene rings is 1. The van der Waals surface area contributed by atoms with E-state index in [2.05, 4.69) is 20.8 Å². The van der Waals surface area contributed by atoms with Crippen LogP contribution in [0.25, 0.3) is 0 Å². The highest BCUT2D eigenvalue weighted by Crippen LogP contribution is 2.31. The average molecular weight is 424 g/mol. The number of nitrogens with zero attached hydrogens (tertiary/aromatic N) is 1. The van der Waals surface area contributed by atoms with Crippen LogP contribution in [0.1, 0.15) is 109 Å². The maximum absolute atomic E-state index is 12.3. The molecule has 2 rings (SSSR count). The normalized spacial score (nSPS) is 14.8. The molecule has 0 saturated carbocycles. The van der Waals surface area contributed by atoms with Crippen molar-refractivity contribution in [3.63, 3.8) is 0 Å². The minimum absolute atomic E-state index is 0.0555.